The Morgan fingerprint density at radius 2 is 2.14 bits per heavy atom. The van der Waals surface area contributed by atoms with Gasteiger partial charge in [-0.2, -0.15) is 5.26 Å². The maximum atomic E-state index is 12.6. The molecule has 1 aliphatic rings. The molecule has 29 heavy (non-hydrogen) atoms. The fourth-order valence-electron chi connectivity index (χ4n) is 3.99. The Kier molecular flexibility index (Phi) is 7.42. The van der Waals surface area contributed by atoms with Crippen molar-refractivity contribution in [3.8, 4) is 6.07 Å². The van der Waals surface area contributed by atoms with Crippen LogP contribution in [0.15, 0.2) is 36.8 Å². The minimum absolute atomic E-state index is 0.103. The number of hydrogen-bond donors (Lipinski definition) is 1. The standard InChI is InChI=1S/C23H31N5O/c1-18(2)14-27-11-3-4-21(16-27)23(29)26-10-9-22-13-25-17-28(22)15-20-7-5-19(12-24)6-8-20/h5-8,13,17-18,21H,3-4,9-11,14-16H2,1-2H3,(H,26,29). The third-order valence-electron chi connectivity index (χ3n) is 5.41. The molecule has 0 spiro atoms. The van der Waals surface area contributed by atoms with Crippen molar-refractivity contribution in [3.63, 3.8) is 0 Å². The third kappa shape index (κ3) is 6.16. The van der Waals surface area contributed by atoms with E-state index in [4.69, 9.17) is 5.26 Å². The van der Waals surface area contributed by atoms with E-state index in [1.807, 2.05) is 36.8 Å². The van der Waals surface area contributed by atoms with Crippen LogP contribution in [0.5, 0.6) is 0 Å². The average Bonchev–Trinajstić information content (AvgIpc) is 3.15. The molecule has 2 heterocycles. The molecular formula is C23H31N5O. The molecule has 1 aromatic heterocycles. The normalized spacial score (nSPS) is 17.2. The molecule has 154 valence electrons. The molecule has 0 saturated carbocycles. The predicted molar refractivity (Wildman–Crippen MR) is 113 cm³/mol. The molecule has 0 radical (unpaired) electrons. The number of carbonyl (C=O) groups is 1. The maximum Gasteiger partial charge on any atom is 0.224 e. The number of rotatable bonds is 8. The summed E-state index contributed by atoms with van der Waals surface area (Å²) >= 11 is 0. The molecule has 6 nitrogen and oxygen atoms in total. The molecule has 2 aromatic rings. The lowest BCUT2D eigenvalue weighted by molar-refractivity contribution is -0.126. The van der Waals surface area contributed by atoms with Crippen LogP contribution in [0.2, 0.25) is 0 Å². The highest BCUT2D eigenvalue weighted by Gasteiger charge is 2.25. The van der Waals surface area contributed by atoms with Gasteiger partial charge >= 0.3 is 0 Å². The topological polar surface area (TPSA) is 74.0 Å². The molecule has 1 aromatic carbocycles. The largest absolute Gasteiger partial charge is 0.355 e. The van der Waals surface area contributed by atoms with Gasteiger partial charge in [-0.15, -0.1) is 0 Å². The molecule has 0 aliphatic carbocycles. The van der Waals surface area contributed by atoms with Gasteiger partial charge in [-0.25, -0.2) is 4.98 Å². The number of nitrogens with zero attached hydrogens (tertiary/aromatic N) is 4. The van der Waals surface area contributed by atoms with Gasteiger partial charge in [0.2, 0.25) is 5.91 Å². The highest BCUT2D eigenvalue weighted by atomic mass is 16.1. The highest BCUT2D eigenvalue weighted by molar-refractivity contribution is 5.78. The summed E-state index contributed by atoms with van der Waals surface area (Å²) in [5.74, 6) is 0.913. The number of nitriles is 1. The third-order valence-corrected chi connectivity index (χ3v) is 5.41. The van der Waals surface area contributed by atoms with Crippen molar-refractivity contribution in [1.82, 2.24) is 19.8 Å². The van der Waals surface area contributed by atoms with E-state index in [0.29, 0.717) is 24.6 Å². The van der Waals surface area contributed by atoms with Gasteiger partial charge in [0.1, 0.15) is 0 Å². The fourth-order valence-corrected chi connectivity index (χ4v) is 3.99. The Morgan fingerprint density at radius 3 is 2.86 bits per heavy atom. The van der Waals surface area contributed by atoms with Gasteiger partial charge in [0.05, 0.1) is 23.9 Å². The molecule has 1 fully saturated rings. The highest BCUT2D eigenvalue weighted by Crippen LogP contribution is 2.17. The summed E-state index contributed by atoms with van der Waals surface area (Å²) in [6.45, 7) is 8.84. The minimum Gasteiger partial charge on any atom is -0.355 e. The Labute approximate surface area is 173 Å². The molecule has 1 aliphatic heterocycles. The van der Waals surface area contributed by atoms with Crippen molar-refractivity contribution in [2.45, 2.75) is 39.7 Å². The predicted octanol–water partition coefficient (Wildman–Crippen LogP) is 2.83. The van der Waals surface area contributed by atoms with Gasteiger partial charge in [0, 0.05) is 44.5 Å². The summed E-state index contributed by atoms with van der Waals surface area (Å²) in [6.07, 6.45) is 6.52. The van der Waals surface area contributed by atoms with Gasteiger partial charge < -0.3 is 14.8 Å². The van der Waals surface area contributed by atoms with Crippen molar-refractivity contribution in [1.29, 1.82) is 5.26 Å². The van der Waals surface area contributed by atoms with E-state index in [1.165, 1.54) is 0 Å². The zero-order chi connectivity index (χ0) is 20.6. The second-order valence-electron chi connectivity index (χ2n) is 8.36. The Morgan fingerprint density at radius 1 is 1.34 bits per heavy atom. The monoisotopic (exact) mass is 393 g/mol. The first-order valence-corrected chi connectivity index (χ1v) is 10.5. The lowest BCUT2D eigenvalue weighted by Crippen LogP contribution is -2.44. The molecule has 1 unspecified atom stereocenters. The van der Waals surface area contributed by atoms with Gasteiger partial charge in [0.15, 0.2) is 0 Å². The van der Waals surface area contributed by atoms with Crippen LogP contribution < -0.4 is 5.32 Å². The number of carbonyl (C=O) groups excluding carboxylic acids is 1. The first-order chi connectivity index (χ1) is 14.0. The summed E-state index contributed by atoms with van der Waals surface area (Å²) in [4.78, 5) is 19.3. The Hall–Kier alpha value is -2.65. The maximum absolute atomic E-state index is 12.6. The second-order valence-corrected chi connectivity index (χ2v) is 8.36. The van der Waals surface area contributed by atoms with Crippen LogP contribution in [-0.2, 0) is 17.8 Å². The lowest BCUT2D eigenvalue weighted by atomic mass is 9.96. The van der Waals surface area contributed by atoms with Gasteiger partial charge in [-0.1, -0.05) is 26.0 Å². The number of piperidine rings is 1. The van der Waals surface area contributed by atoms with Crippen LogP contribution in [0.3, 0.4) is 0 Å². The summed E-state index contributed by atoms with van der Waals surface area (Å²) in [5.41, 5.74) is 2.89. The summed E-state index contributed by atoms with van der Waals surface area (Å²) < 4.78 is 2.10. The number of likely N-dealkylation sites (tertiary alicyclic amines) is 1. The molecule has 3 rings (SSSR count). The summed E-state index contributed by atoms with van der Waals surface area (Å²) in [5, 5.41) is 12.0. The van der Waals surface area contributed by atoms with E-state index in [1.54, 1.807) is 0 Å². The fraction of sp³-hybridized carbons (Fsp3) is 0.522. The van der Waals surface area contributed by atoms with Gasteiger partial charge in [0.25, 0.3) is 0 Å². The average molecular weight is 394 g/mol. The zero-order valence-corrected chi connectivity index (χ0v) is 17.5. The lowest BCUT2D eigenvalue weighted by Gasteiger charge is -2.33. The number of nitrogens with one attached hydrogen (secondary N) is 1. The van der Waals surface area contributed by atoms with E-state index in [-0.39, 0.29) is 11.8 Å². The smallest absolute Gasteiger partial charge is 0.224 e. The van der Waals surface area contributed by atoms with Crippen molar-refractivity contribution in [3.05, 3.63) is 53.6 Å². The SMILES string of the molecule is CC(C)CN1CCCC(C(=O)NCCc2cncn2Cc2ccc(C#N)cc2)C1. The molecule has 1 atom stereocenters. The molecule has 6 heteroatoms. The van der Waals surface area contributed by atoms with E-state index < -0.39 is 0 Å². The van der Waals surface area contributed by atoms with E-state index in [9.17, 15) is 4.79 Å². The summed E-state index contributed by atoms with van der Waals surface area (Å²) in [7, 11) is 0. The number of benzene rings is 1. The van der Waals surface area contributed by atoms with Crippen molar-refractivity contribution in [2.75, 3.05) is 26.2 Å². The Balaban J connectivity index is 1.47. The second kappa shape index (κ2) is 10.2. The van der Waals surface area contributed by atoms with Crippen LogP contribution >= 0.6 is 0 Å². The van der Waals surface area contributed by atoms with Crippen LogP contribution in [0, 0.1) is 23.2 Å². The number of hydrogen-bond acceptors (Lipinski definition) is 4. The van der Waals surface area contributed by atoms with Crippen LogP contribution in [-0.4, -0.2) is 46.5 Å². The number of imidazole rings is 1. The van der Waals surface area contributed by atoms with E-state index in [0.717, 1.165) is 50.2 Å². The van der Waals surface area contributed by atoms with Gasteiger partial charge in [-0.05, 0) is 43.0 Å². The Bertz CT molecular complexity index is 834. The van der Waals surface area contributed by atoms with Crippen LogP contribution in [0.1, 0.15) is 43.5 Å². The first kappa shape index (κ1) is 21.1. The molecular weight excluding hydrogens is 362 g/mol. The van der Waals surface area contributed by atoms with Crippen molar-refractivity contribution >= 4 is 5.91 Å². The zero-order valence-electron chi connectivity index (χ0n) is 17.5. The number of aromatic nitrogens is 2. The molecule has 0 bridgehead atoms. The van der Waals surface area contributed by atoms with Crippen molar-refractivity contribution < 1.29 is 4.79 Å². The minimum atomic E-state index is 0.103. The van der Waals surface area contributed by atoms with E-state index in [2.05, 4.69) is 39.7 Å². The quantitative estimate of drug-likeness (QED) is 0.748. The first-order valence-electron chi connectivity index (χ1n) is 10.5. The van der Waals surface area contributed by atoms with Crippen LogP contribution in [0.4, 0.5) is 0 Å². The van der Waals surface area contributed by atoms with Crippen molar-refractivity contribution in [2.24, 2.45) is 11.8 Å². The van der Waals surface area contributed by atoms with Crippen LogP contribution in [0.25, 0.3) is 0 Å². The number of amides is 1. The van der Waals surface area contributed by atoms with Gasteiger partial charge in [-0.3, -0.25) is 4.79 Å². The molecule has 1 amide bonds. The van der Waals surface area contributed by atoms with E-state index >= 15 is 0 Å². The summed E-state index contributed by atoms with van der Waals surface area (Å²) in [6, 6.07) is 9.74. The molecule has 1 N–H and O–H groups in total. The molecule has 1 saturated heterocycles.